The maximum atomic E-state index is 14.5. The van der Waals surface area contributed by atoms with Crippen LogP contribution in [0.4, 0.5) is 0 Å². The van der Waals surface area contributed by atoms with Gasteiger partial charge in [0.05, 0.1) is 31.3 Å². The lowest BCUT2D eigenvalue weighted by Gasteiger charge is -2.71. The van der Waals surface area contributed by atoms with Gasteiger partial charge in [-0.15, -0.1) is 0 Å². The quantitative estimate of drug-likeness (QED) is 0.0892. The zero-order valence-electron chi connectivity index (χ0n) is 37.2. The Balaban J connectivity index is 0.996. The van der Waals surface area contributed by atoms with Crippen molar-refractivity contribution in [2.45, 2.75) is 191 Å². The smallest absolute Gasteiger partial charge is 0.315 e. The van der Waals surface area contributed by atoms with Crippen molar-refractivity contribution in [3.05, 3.63) is 23.8 Å². The molecular weight excluding hydrogens is 824 g/mol. The van der Waals surface area contributed by atoms with Gasteiger partial charge in [0.15, 0.2) is 12.6 Å². The fourth-order valence-electron chi connectivity index (χ4n) is 14.3. The summed E-state index contributed by atoms with van der Waals surface area (Å²) in [4.78, 5) is 14.5. The molecule has 358 valence electrons. The summed E-state index contributed by atoms with van der Waals surface area (Å²) < 4.78 is 35.4. The van der Waals surface area contributed by atoms with Gasteiger partial charge in [0.1, 0.15) is 67.1 Å². The summed E-state index contributed by atoms with van der Waals surface area (Å²) in [6, 6.07) is 0. The molecule has 0 radical (unpaired) electrons. The van der Waals surface area contributed by atoms with E-state index in [1.165, 1.54) is 5.57 Å². The highest BCUT2D eigenvalue weighted by Crippen LogP contribution is 2.75. The number of carbonyl (C=O) groups is 1. The Morgan fingerprint density at radius 1 is 0.730 bits per heavy atom. The first-order valence-electron chi connectivity index (χ1n) is 23.1. The highest BCUT2D eigenvalue weighted by atomic mass is 16.7. The monoisotopic (exact) mass is 896 g/mol. The number of hydrogen-bond acceptors (Lipinski definition) is 17. The van der Waals surface area contributed by atoms with Crippen LogP contribution in [0.15, 0.2) is 23.8 Å². The molecule has 0 amide bonds. The minimum atomic E-state index is -1.72. The molecule has 3 heterocycles. The van der Waals surface area contributed by atoms with Gasteiger partial charge in [-0.1, -0.05) is 58.4 Å². The molecule has 10 N–H and O–H groups in total. The second-order valence-corrected chi connectivity index (χ2v) is 21.6. The summed E-state index contributed by atoms with van der Waals surface area (Å²) in [5.74, 6) is -0.184. The van der Waals surface area contributed by atoms with Crippen molar-refractivity contribution in [3.63, 3.8) is 0 Å². The van der Waals surface area contributed by atoms with Gasteiger partial charge in [0.2, 0.25) is 6.29 Å². The Bertz CT molecular complexity index is 1740. The molecule has 4 saturated carbocycles. The topological polar surface area (TPSA) is 275 Å². The zero-order valence-corrected chi connectivity index (χ0v) is 37.2. The van der Waals surface area contributed by atoms with E-state index in [1.807, 2.05) is 0 Å². The third-order valence-corrected chi connectivity index (χ3v) is 18.3. The Kier molecular flexibility index (Phi) is 13.0. The van der Waals surface area contributed by atoms with Gasteiger partial charge in [0, 0.05) is 5.92 Å². The van der Waals surface area contributed by atoms with Crippen molar-refractivity contribution in [1.82, 2.24) is 0 Å². The summed E-state index contributed by atoms with van der Waals surface area (Å²) in [5.41, 5.74) is 0.530. The summed E-state index contributed by atoms with van der Waals surface area (Å²) in [6.45, 7) is 14.5. The molecule has 22 atom stereocenters. The number of esters is 1. The van der Waals surface area contributed by atoms with Crippen LogP contribution < -0.4 is 0 Å². The number of hydrogen-bond donors (Lipinski definition) is 10. The fraction of sp³-hybridized carbons (Fsp3) is 0.891. The van der Waals surface area contributed by atoms with E-state index >= 15 is 0 Å². The first-order valence-corrected chi connectivity index (χ1v) is 23.1. The Hall–Kier alpha value is -1.65. The van der Waals surface area contributed by atoms with Crippen LogP contribution in [0.1, 0.15) is 98.8 Å². The van der Waals surface area contributed by atoms with Crippen molar-refractivity contribution in [2.75, 3.05) is 19.8 Å². The minimum absolute atomic E-state index is 0.106. The average molecular weight is 897 g/mol. The first-order chi connectivity index (χ1) is 29.6. The van der Waals surface area contributed by atoms with Gasteiger partial charge in [-0.05, 0) is 97.7 Å². The molecule has 8 rings (SSSR count). The van der Waals surface area contributed by atoms with Crippen LogP contribution in [0, 0.1) is 44.8 Å². The number of rotatable bonds is 8. The van der Waals surface area contributed by atoms with Gasteiger partial charge in [0.25, 0.3) is 0 Å². The molecule has 0 spiro atoms. The second-order valence-electron chi connectivity index (χ2n) is 21.6. The van der Waals surface area contributed by atoms with Gasteiger partial charge >= 0.3 is 5.97 Å². The van der Waals surface area contributed by atoms with E-state index in [4.69, 9.17) is 28.4 Å². The number of allylic oxidation sites excluding steroid dienone is 3. The third kappa shape index (κ3) is 7.43. The molecule has 7 fully saturated rings. The van der Waals surface area contributed by atoms with Crippen molar-refractivity contribution >= 4 is 5.97 Å². The number of carbonyl (C=O) groups excluding carboxylic acids is 1. The number of aliphatic hydroxyl groups is 10. The SMILES string of the molecule is C=C1CC[C@]2(C(=O)O[C@@H]3O[C@H](CO)[C@@H](O)[C@H](O)[C@H]3O)CC[C@]3(C)C(=CC[C@@H]4[C@@]5(C)CC[C@H](O[C@@H]6OC[C@@H](O)[C@H](O[C@@H]7O[C@H](CO)[C@@H](O)[C@H](O)[C@H]7O)[C@H]6O)C(C)(C)[C@@H]5CC[C@]43C)[C@@H]2C1. The molecular formula is C46H72O17. The van der Waals surface area contributed by atoms with Crippen LogP contribution >= 0.6 is 0 Å². The molecule has 0 aromatic rings. The maximum Gasteiger partial charge on any atom is 0.315 e. The van der Waals surface area contributed by atoms with E-state index < -0.39 is 111 Å². The second kappa shape index (κ2) is 17.1. The number of fused-ring (bicyclic) bond motifs is 7. The first kappa shape index (κ1) is 47.8. The zero-order chi connectivity index (χ0) is 45.8. The normalized spacial score (nSPS) is 53.3. The van der Waals surface area contributed by atoms with Crippen molar-refractivity contribution in [3.8, 4) is 0 Å². The highest BCUT2D eigenvalue weighted by molar-refractivity contribution is 5.79. The lowest BCUT2D eigenvalue weighted by atomic mass is 9.34. The van der Waals surface area contributed by atoms with Crippen LogP contribution in [0.25, 0.3) is 0 Å². The number of ether oxygens (including phenoxy) is 6. The van der Waals surface area contributed by atoms with Crippen LogP contribution in [0.5, 0.6) is 0 Å². The number of aliphatic hydroxyl groups excluding tert-OH is 10. The van der Waals surface area contributed by atoms with Crippen LogP contribution in [0.3, 0.4) is 0 Å². The van der Waals surface area contributed by atoms with Gasteiger partial charge in [-0.2, -0.15) is 0 Å². The van der Waals surface area contributed by atoms with Gasteiger partial charge in [-0.3, -0.25) is 4.79 Å². The highest BCUT2D eigenvalue weighted by Gasteiger charge is 2.69. The molecule has 3 aliphatic heterocycles. The predicted molar refractivity (Wildman–Crippen MR) is 220 cm³/mol. The van der Waals surface area contributed by atoms with Gasteiger partial charge < -0.3 is 79.5 Å². The Morgan fingerprint density at radius 2 is 1.37 bits per heavy atom. The molecule has 0 aromatic heterocycles. The Morgan fingerprint density at radius 3 is 2.02 bits per heavy atom. The van der Waals surface area contributed by atoms with Crippen LogP contribution in [0.2, 0.25) is 0 Å². The summed E-state index contributed by atoms with van der Waals surface area (Å²) in [6.07, 6.45) is -11.5. The molecule has 8 aliphatic rings. The standard InChI is InChI=1S/C46H72O17/c1-21-9-14-46(41(57)63-40-35(55)33(53)31(51)26(19-48)60-40)16-15-44(5)22(23(46)17-21)7-8-28-43(4)12-11-29(42(2,3)27(43)10-13-45(28,44)6)61-38-36(56)37(24(49)20-58-38)62-39-34(54)32(52)30(50)25(18-47)59-39/h7,23-40,47-56H,1,8-20H2,2-6H3/t23-,24+,25+,26+,27-,28+,29-,30+,31+,32-,33-,34+,35+,36+,37-,38-,39-,40-,43-,44+,45+,46-/m0/s1. The van der Waals surface area contributed by atoms with E-state index in [0.29, 0.717) is 38.0 Å². The minimum Gasteiger partial charge on any atom is -0.432 e. The van der Waals surface area contributed by atoms with E-state index in [0.717, 1.165) is 37.7 Å². The maximum absolute atomic E-state index is 14.5. The summed E-state index contributed by atoms with van der Waals surface area (Å²) in [5, 5.41) is 104. The summed E-state index contributed by atoms with van der Waals surface area (Å²) in [7, 11) is 0. The lowest BCUT2D eigenvalue weighted by Crippen LogP contribution is -2.66. The third-order valence-electron chi connectivity index (χ3n) is 18.3. The average Bonchev–Trinajstić information content (AvgIpc) is 3.24. The molecule has 5 aliphatic carbocycles. The summed E-state index contributed by atoms with van der Waals surface area (Å²) >= 11 is 0. The van der Waals surface area contributed by atoms with Crippen molar-refractivity contribution < 1.29 is 84.3 Å². The van der Waals surface area contributed by atoms with E-state index in [9.17, 15) is 55.9 Å². The van der Waals surface area contributed by atoms with E-state index in [-0.39, 0.29) is 46.2 Å². The largest absolute Gasteiger partial charge is 0.432 e. The molecule has 0 unspecified atom stereocenters. The molecule has 17 nitrogen and oxygen atoms in total. The fourth-order valence-corrected chi connectivity index (χ4v) is 14.3. The molecule has 0 aromatic carbocycles. The van der Waals surface area contributed by atoms with Gasteiger partial charge in [-0.25, -0.2) is 0 Å². The van der Waals surface area contributed by atoms with E-state index in [1.54, 1.807) is 0 Å². The molecule has 63 heavy (non-hydrogen) atoms. The molecule has 17 heteroatoms. The lowest BCUT2D eigenvalue weighted by molar-refractivity contribution is -0.357. The molecule has 3 saturated heterocycles. The predicted octanol–water partition coefficient (Wildman–Crippen LogP) is 0.310. The Labute approximate surface area is 369 Å². The van der Waals surface area contributed by atoms with Crippen molar-refractivity contribution in [2.24, 2.45) is 44.8 Å². The van der Waals surface area contributed by atoms with Crippen LogP contribution in [-0.2, 0) is 33.2 Å². The van der Waals surface area contributed by atoms with Crippen LogP contribution in [-0.4, -0.2) is 169 Å². The molecule has 0 bridgehead atoms. The van der Waals surface area contributed by atoms with Crippen molar-refractivity contribution in [1.29, 1.82) is 0 Å². The van der Waals surface area contributed by atoms with E-state index in [2.05, 4.69) is 47.3 Å².